The van der Waals surface area contributed by atoms with Crippen LogP contribution in [0.3, 0.4) is 0 Å². The van der Waals surface area contributed by atoms with Gasteiger partial charge in [0, 0.05) is 21.4 Å². The van der Waals surface area contributed by atoms with Crippen LogP contribution in [0.5, 0.6) is 11.5 Å². The van der Waals surface area contributed by atoms with E-state index in [1.807, 2.05) is 49.9 Å². The first kappa shape index (κ1) is 23.0. The minimum Gasteiger partial charge on any atom is -0.490 e. The van der Waals surface area contributed by atoms with Crippen LogP contribution in [0.2, 0.25) is 0 Å². The molecule has 0 spiro atoms. The van der Waals surface area contributed by atoms with Crippen LogP contribution in [0.1, 0.15) is 49.9 Å². The fourth-order valence-electron chi connectivity index (χ4n) is 3.48. The van der Waals surface area contributed by atoms with Gasteiger partial charge in [0.15, 0.2) is 11.5 Å². The molecule has 0 unspecified atom stereocenters. The topological polar surface area (TPSA) is 76.7 Å². The maximum Gasteiger partial charge on any atom is 0.251 e. The first-order valence-corrected chi connectivity index (χ1v) is 11.7. The first-order chi connectivity index (χ1) is 15.1. The van der Waals surface area contributed by atoms with Crippen molar-refractivity contribution in [3.63, 3.8) is 0 Å². The lowest BCUT2D eigenvalue weighted by Gasteiger charge is -2.13. The number of anilines is 1. The number of nitrogens with one attached hydrogen (secondary N) is 2. The standard InChI is InChI=1S/C24H30N2O4S/c1-3-29-21-14-9-17(15-22(21)30-4-2)24(28)25-16-23(27)26-18-10-12-20(13-11-18)31-19-7-5-6-8-19/h9-15,19H,3-8,16H2,1-2H3,(H,25,28)(H,26,27). The van der Waals surface area contributed by atoms with Crippen LogP contribution in [0.4, 0.5) is 5.69 Å². The van der Waals surface area contributed by atoms with Gasteiger partial charge in [0.25, 0.3) is 5.91 Å². The van der Waals surface area contributed by atoms with Crippen LogP contribution in [-0.2, 0) is 4.79 Å². The quantitative estimate of drug-likeness (QED) is 0.548. The molecule has 2 N–H and O–H groups in total. The van der Waals surface area contributed by atoms with Crippen LogP contribution in [-0.4, -0.2) is 36.8 Å². The number of ether oxygens (including phenoxy) is 2. The molecule has 6 nitrogen and oxygen atoms in total. The molecule has 1 saturated carbocycles. The van der Waals surface area contributed by atoms with Crippen molar-refractivity contribution in [3.8, 4) is 11.5 Å². The molecule has 0 aliphatic heterocycles. The number of rotatable bonds is 10. The van der Waals surface area contributed by atoms with E-state index in [4.69, 9.17) is 9.47 Å². The third-order valence-corrected chi connectivity index (χ3v) is 6.31. The Hall–Kier alpha value is -2.67. The highest BCUT2D eigenvalue weighted by molar-refractivity contribution is 8.00. The third kappa shape index (κ3) is 6.92. The number of hydrogen-bond donors (Lipinski definition) is 2. The van der Waals surface area contributed by atoms with E-state index in [2.05, 4.69) is 10.6 Å². The van der Waals surface area contributed by atoms with E-state index in [0.29, 0.717) is 35.5 Å². The van der Waals surface area contributed by atoms with Gasteiger partial charge in [-0.15, -0.1) is 11.8 Å². The summed E-state index contributed by atoms with van der Waals surface area (Å²) in [5.41, 5.74) is 1.13. The molecule has 2 aromatic rings. The Morgan fingerprint density at radius 2 is 1.65 bits per heavy atom. The molecule has 3 rings (SSSR count). The minimum atomic E-state index is -0.345. The van der Waals surface area contributed by atoms with Crippen molar-refractivity contribution in [2.75, 3.05) is 25.1 Å². The molecule has 0 radical (unpaired) electrons. The SMILES string of the molecule is CCOc1ccc(C(=O)NCC(=O)Nc2ccc(SC3CCCC3)cc2)cc1OCC. The van der Waals surface area contributed by atoms with Gasteiger partial charge in [0.2, 0.25) is 5.91 Å². The summed E-state index contributed by atoms with van der Waals surface area (Å²) in [6.07, 6.45) is 5.20. The van der Waals surface area contributed by atoms with E-state index < -0.39 is 0 Å². The van der Waals surface area contributed by atoms with Crippen molar-refractivity contribution in [2.24, 2.45) is 0 Å². The Labute approximate surface area is 188 Å². The molecule has 1 aliphatic rings. The Kier molecular flexibility index (Phi) is 8.64. The second-order valence-corrected chi connectivity index (χ2v) is 8.68. The zero-order valence-corrected chi connectivity index (χ0v) is 18.9. The summed E-state index contributed by atoms with van der Waals surface area (Å²) in [7, 11) is 0. The summed E-state index contributed by atoms with van der Waals surface area (Å²) in [4.78, 5) is 25.9. The van der Waals surface area contributed by atoms with Gasteiger partial charge in [0.1, 0.15) is 0 Å². The van der Waals surface area contributed by atoms with E-state index >= 15 is 0 Å². The fraction of sp³-hybridized carbons (Fsp3) is 0.417. The van der Waals surface area contributed by atoms with Crippen molar-refractivity contribution in [1.82, 2.24) is 5.32 Å². The van der Waals surface area contributed by atoms with E-state index in [1.54, 1.807) is 18.2 Å². The maximum atomic E-state index is 12.4. The van der Waals surface area contributed by atoms with Gasteiger partial charge in [-0.1, -0.05) is 12.8 Å². The number of benzene rings is 2. The Morgan fingerprint density at radius 3 is 2.32 bits per heavy atom. The van der Waals surface area contributed by atoms with Gasteiger partial charge in [-0.2, -0.15) is 0 Å². The second-order valence-electron chi connectivity index (χ2n) is 7.31. The molecule has 166 valence electrons. The molecular formula is C24H30N2O4S. The molecule has 2 amide bonds. The van der Waals surface area contributed by atoms with Crippen molar-refractivity contribution in [3.05, 3.63) is 48.0 Å². The summed E-state index contributed by atoms with van der Waals surface area (Å²) < 4.78 is 11.1. The van der Waals surface area contributed by atoms with Crippen molar-refractivity contribution >= 4 is 29.3 Å². The van der Waals surface area contributed by atoms with Gasteiger partial charge >= 0.3 is 0 Å². The molecule has 2 aromatic carbocycles. The predicted molar refractivity (Wildman–Crippen MR) is 124 cm³/mol. The van der Waals surface area contributed by atoms with Crippen molar-refractivity contribution in [2.45, 2.75) is 49.7 Å². The maximum absolute atomic E-state index is 12.4. The number of carbonyl (C=O) groups excluding carboxylic acids is 2. The molecule has 0 bridgehead atoms. The van der Waals surface area contributed by atoms with Gasteiger partial charge in [-0.05, 0) is 69.2 Å². The van der Waals surface area contributed by atoms with E-state index in [9.17, 15) is 9.59 Å². The number of hydrogen-bond acceptors (Lipinski definition) is 5. The zero-order valence-electron chi connectivity index (χ0n) is 18.1. The summed E-state index contributed by atoms with van der Waals surface area (Å²) in [5.74, 6) is 0.480. The van der Waals surface area contributed by atoms with Crippen LogP contribution >= 0.6 is 11.8 Å². The average molecular weight is 443 g/mol. The lowest BCUT2D eigenvalue weighted by atomic mass is 10.2. The Morgan fingerprint density at radius 1 is 0.968 bits per heavy atom. The highest BCUT2D eigenvalue weighted by Crippen LogP contribution is 2.35. The monoisotopic (exact) mass is 442 g/mol. The summed E-state index contributed by atoms with van der Waals surface area (Å²) in [6, 6.07) is 12.9. The number of carbonyl (C=O) groups is 2. The highest BCUT2D eigenvalue weighted by Gasteiger charge is 2.16. The van der Waals surface area contributed by atoms with Gasteiger partial charge in [0.05, 0.1) is 19.8 Å². The second kappa shape index (κ2) is 11.6. The molecule has 0 aromatic heterocycles. The van der Waals surface area contributed by atoms with Crippen LogP contribution < -0.4 is 20.1 Å². The molecular weight excluding hydrogens is 412 g/mol. The third-order valence-electron chi connectivity index (χ3n) is 4.96. The van der Waals surface area contributed by atoms with E-state index in [0.717, 1.165) is 5.69 Å². The van der Waals surface area contributed by atoms with Crippen LogP contribution in [0.25, 0.3) is 0 Å². The summed E-state index contributed by atoms with van der Waals surface area (Å²) in [6.45, 7) is 4.61. The minimum absolute atomic E-state index is 0.116. The van der Waals surface area contributed by atoms with Gasteiger partial charge in [-0.3, -0.25) is 9.59 Å². The smallest absolute Gasteiger partial charge is 0.251 e. The largest absolute Gasteiger partial charge is 0.490 e. The van der Waals surface area contributed by atoms with Gasteiger partial charge in [-0.25, -0.2) is 0 Å². The molecule has 0 saturated heterocycles. The Bertz CT molecular complexity index is 880. The van der Waals surface area contributed by atoms with Gasteiger partial charge < -0.3 is 20.1 Å². The van der Waals surface area contributed by atoms with E-state index in [-0.39, 0.29) is 18.4 Å². The average Bonchev–Trinajstić information content (AvgIpc) is 3.28. The summed E-state index contributed by atoms with van der Waals surface area (Å²) >= 11 is 1.91. The lowest BCUT2D eigenvalue weighted by molar-refractivity contribution is -0.115. The predicted octanol–water partition coefficient (Wildman–Crippen LogP) is 4.89. The van der Waals surface area contributed by atoms with Crippen LogP contribution in [0.15, 0.2) is 47.4 Å². The molecule has 0 atom stereocenters. The van der Waals surface area contributed by atoms with Crippen molar-refractivity contribution < 1.29 is 19.1 Å². The number of amides is 2. The normalized spacial score (nSPS) is 13.6. The lowest BCUT2D eigenvalue weighted by Crippen LogP contribution is -2.32. The summed E-state index contributed by atoms with van der Waals surface area (Å²) in [5, 5.41) is 6.18. The molecule has 7 heteroatoms. The van der Waals surface area contributed by atoms with Crippen LogP contribution in [0, 0.1) is 0 Å². The van der Waals surface area contributed by atoms with Crippen molar-refractivity contribution in [1.29, 1.82) is 0 Å². The highest BCUT2D eigenvalue weighted by atomic mass is 32.2. The first-order valence-electron chi connectivity index (χ1n) is 10.8. The Balaban J connectivity index is 1.49. The molecule has 0 heterocycles. The molecule has 1 fully saturated rings. The van der Waals surface area contributed by atoms with E-state index in [1.165, 1.54) is 30.6 Å². The molecule has 1 aliphatic carbocycles. The molecule has 31 heavy (non-hydrogen) atoms. The zero-order chi connectivity index (χ0) is 22.1. The number of thioether (sulfide) groups is 1. The fourth-order valence-corrected chi connectivity index (χ4v) is 4.72.